The predicted octanol–water partition coefficient (Wildman–Crippen LogP) is 3.11. The first-order valence-electron chi connectivity index (χ1n) is 5.32. The van der Waals surface area contributed by atoms with Crippen LogP contribution >= 0.6 is 15.9 Å². The summed E-state index contributed by atoms with van der Waals surface area (Å²) in [7, 11) is -4.04. The molecule has 0 atom stereocenters. The SMILES string of the molecule is Nc1cc(Br)ccc1NS(=O)(=O)c1ccc(F)c(F)c1. The topological polar surface area (TPSA) is 72.2 Å². The maximum Gasteiger partial charge on any atom is 0.262 e. The summed E-state index contributed by atoms with van der Waals surface area (Å²) < 4.78 is 52.9. The van der Waals surface area contributed by atoms with Gasteiger partial charge in [-0.05, 0) is 36.4 Å². The van der Waals surface area contributed by atoms with Crippen LogP contribution in [0.5, 0.6) is 0 Å². The molecule has 0 saturated carbocycles. The Hall–Kier alpha value is -1.67. The van der Waals surface area contributed by atoms with Crippen LogP contribution in [0.25, 0.3) is 0 Å². The van der Waals surface area contributed by atoms with E-state index in [1.165, 1.54) is 12.1 Å². The van der Waals surface area contributed by atoms with Crippen LogP contribution in [0.2, 0.25) is 0 Å². The summed E-state index contributed by atoms with van der Waals surface area (Å²) in [5.41, 5.74) is 6.02. The average molecular weight is 363 g/mol. The van der Waals surface area contributed by atoms with Crippen LogP contribution in [0.1, 0.15) is 0 Å². The van der Waals surface area contributed by atoms with Crippen LogP contribution in [0.15, 0.2) is 45.8 Å². The fourth-order valence-corrected chi connectivity index (χ4v) is 2.95. The molecule has 0 bridgehead atoms. The summed E-state index contributed by atoms with van der Waals surface area (Å²) in [6.45, 7) is 0. The molecule has 2 aromatic rings. The zero-order chi connectivity index (χ0) is 14.9. The normalized spacial score (nSPS) is 11.3. The minimum Gasteiger partial charge on any atom is -0.397 e. The largest absolute Gasteiger partial charge is 0.397 e. The molecule has 8 heteroatoms. The second-order valence-electron chi connectivity index (χ2n) is 3.91. The summed E-state index contributed by atoms with van der Waals surface area (Å²) >= 11 is 3.19. The van der Waals surface area contributed by atoms with Gasteiger partial charge in [0, 0.05) is 4.47 Å². The second kappa shape index (κ2) is 5.37. The van der Waals surface area contributed by atoms with E-state index in [4.69, 9.17) is 5.73 Å². The van der Waals surface area contributed by atoms with Crippen molar-refractivity contribution < 1.29 is 17.2 Å². The van der Waals surface area contributed by atoms with Crippen molar-refractivity contribution in [2.24, 2.45) is 0 Å². The van der Waals surface area contributed by atoms with E-state index in [0.29, 0.717) is 10.5 Å². The van der Waals surface area contributed by atoms with Crippen molar-refractivity contribution >= 4 is 37.3 Å². The lowest BCUT2D eigenvalue weighted by molar-refractivity contribution is 0.504. The summed E-state index contributed by atoms with van der Waals surface area (Å²) in [6.07, 6.45) is 0. The molecule has 0 heterocycles. The highest BCUT2D eigenvalue weighted by Gasteiger charge is 2.17. The van der Waals surface area contributed by atoms with E-state index >= 15 is 0 Å². The molecule has 0 aliphatic heterocycles. The monoisotopic (exact) mass is 362 g/mol. The maximum atomic E-state index is 13.1. The molecule has 0 unspecified atom stereocenters. The molecular formula is C12H9BrF2N2O2S. The van der Waals surface area contributed by atoms with E-state index in [0.717, 1.165) is 12.1 Å². The van der Waals surface area contributed by atoms with Gasteiger partial charge in [0.25, 0.3) is 10.0 Å². The zero-order valence-corrected chi connectivity index (χ0v) is 12.3. The Kier molecular flexibility index (Phi) is 3.96. The highest BCUT2D eigenvalue weighted by molar-refractivity contribution is 9.10. The second-order valence-corrected chi connectivity index (χ2v) is 6.51. The van der Waals surface area contributed by atoms with E-state index in [-0.39, 0.29) is 11.4 Å². The molecule has 2 rings (SSSR count). The van der Waals surface area contributed by atoms with Gasteiger partial charge in [0.05, 0.1) is 16.3 Å². The first-order chi connectivity index (χ1) is 9.29. The predicted molar refractivity (Wildman–Crippen MR) is 75.7 cm³/mol. The first-order valence-corrected chi connectivity index (χ1v) is 7.60. The van der Waals surface area contributed by atoms with Crippen LogP contribution in [-0.4, -0.2) is 8.42 Å². The van der Waals surface area contributed by atoms with Gasteiger partial charge < -0.3 is 5.73 Å². The number of benzene rings is 2. The van der Waals surface area contributed by atoms with Crippen molar-refractivity contribution in [3.63, 3.8) is 0 Å². The van der Waals surface area contributed by atoms with Gasteiger partial charge in [0.15, 0.2) is 11.6 Å². The zero-order valence-electron chi connectivity index (χ0n) is 9.90. The van der Waals surface area contributed by atoms with Gasteiger partial charge in [-0.15, -0.1) is 0 Å². The van der Waals surface area contributed by atoms with Crippen molar-refractivity contribution in [1.82, 2.24) is 0 Å². The third kappa shape index (κ3) is 3.07. The average Bonchev–Trinajstić information content (AvgIpc) is 2.36. The molecule has 0 aliphatic rings. The summed E-state index contributed by atoms with van der Waals surface area (Å²) in [5.74, 6) is -2.36. The lowest BCUT2D eigenvalue weighted by Gasteiger charge is -2.10. The van der Waals surface area contributed by atoms with E-state index in [9.17, 15) is 17.2 Å². The molecule has 20 heavy (non-hydrogen) atoms. The highest BCUT2D eigenvalue weighted by atomic mass is 79.9. The van der Waals surface area contributed by atoms with E-state index in [1.807, 2.05) is 0 Å². The minimum atomic E-state index is -4.04. The molecule has 0 amide bonds. The van der Waals surface area contributed by atoms with Crippen LogP contribution in [0.4, 0.5) is 20.2 Å². The lowest BCUT2D eigenvalue weighted by Crippen LogP contribution is -2.14. The fourth-order valence-electron chi connectivity index (χ4n) is 1.47. The molecule has 0 saturated heterocycles. The Morgan fingerprint density at radius 1 is 1.05 bits per heavy atom. The number of nitrogen functional groups attached to an aromatic ring is 1. The van der Waals surface area contributed by atoms with Gasteiger partial charge in [-0.25, -0.2) is 17.2 Å². The Bertz CT molecular complexity index is 766. The number of hydrogen-bond donors (Lipinski definition) is 2. The van der Waals surface area contributed by atoms with E-state index < -0.39 is 26.6 Å². The Morgan fingerprint density at radius 3 is 2.35 bits per heavy atom. The van der Waals surface area contributed by atoms with Gasteiger partial charge in [-0.1, -0.05) is 15.9 Å². The number of nitrogens with one attached hydrogen (secondary N) is 1. The Labute approximate surface area is 122 Å². The molecule has 0 aromatic heterocycles. The van der Waals surface area contributed by atoms with Crippen molar-refractivity contribution in [2.45, 2.75) is 4.90 Å². The molecular weight excluding hydrogens is 354 g/mol. The third-order valence-corrected chi connectivity index (χ3v) is 4.32. The first kappa shape index (κ1) is 14.7. The van der Waals surface area contributed by atoms with Gasteiger partial charge in [0.1, 0.15) is 0 Å². The summed E-state index contributed by atoms with van der Waals surface area (Å²) in [4.78, 5) is -0.390. The van der Waals surface area contributed by atoms with Gasteiger partial charge >= 0.3 is 0 Å². The van der Waals surface area contributed by atoms with E-state index in [2.05, 4.69) is 20.7 Å². The van der Waals surface area contributed by atoms with Crippen LogP contribution in [0, 0.1) is 11.6 Å². The molecule has 106 valence electrons. The van der Waals surface area contributed by atoms with Crippen LogP contribution in [0.3, 0.4) is 0 Å². The molecule has 0 radical (unpaired) electrons. The standard InChI is InChI=1S/C12H9BrF2N2O2S/c13-7-1-4-12(11(16)5-7)17-20(18,19)8-2-3-9(14)10(15)6-8/h1-6,17H,16H2. The van der Waals surface area contributed by atoms with Gasteiger partial charge in [0.2, 0.25) is 0 Å². The Morgan fingerprint density at radius 2 is 1.75 bits per heavy atom. The third-order valence-electron chi connectivity index (χ3n) is 2.46. The highest BCUT2D eigenvalue weighted by Crippen LogP contribution is 2.26. The maximum absolute atomic E-state index is 13.1. The molecule has 3 N–H and O–H groups in total. The van der Waals surface area contributed by atoms with Gasteiger partial charge in [-0.2, -0.15) is 0 Å². The fraction of sp³-hybridized carbons (Fsp3) is 0. The number of rotatable bonds is 3. The summed E-state index contributed by atoms with van der Waals surface area (Å²) in [6, 6.07) is 6.89. The van der Waals surface area contributed by atoms with Crippen molar-refractivity contribution in [3.05, 3.63) is 52.5 Å². The van der Waals surface area contributed by atoms with Gasteiger partial charge in [-0.3, -0.25) is 4.72 Å². The molecule has 2 aromatic carbocycles. The molecule has 0 spiro atoms. The molecule has 4 nitrogen and oxygen atoms in total. The van der Waals surface area contributed by atoms with E-state index in [1.54, 1.807) is 6.07 Å². The van der Waals surface area contributed by atoms with Crippen molar-refractivity contribution in [2.75, 3.05) is 10.5 Å². The Balaban J connectivity index is 2.38. The number of halogens is 3. The lowest BCUT2D eigenvalue weighted by atomic mass is 10.3. The van der Waals surface area contributed by atoms with Crippen LogP contribution in [-0.2, 0) is 10.0 Å². The minimum absolute atomic E-state index is 0.151. The number of anilines is 2. The van der Waals surface area contributed by atoms with Crippen LogP contribution < -0.4 is 10.5 Å². The number of sulfonamides is 1. The quantitative estimate of drug-likeness (QED) is 0.824. The molecule has 0 aliphatic carbocycles. The van der Waals surface area contributed by atoms with Crippen molar-refractivity contribution in [1.29, 1.82) is 0 Å². The molecule has 0 fully saturated rings. The smallest absolute Gasteiger partial charge is 0.262 e. The number of hydrogen-bond acceptors (Lipinski definition) is 3. The summed E-state index contributed by atoms with van der Waals surface area (Å²) in [5, 5.41) is 0. The van der Waals surface area contributed by atoms with Crippen molar-refractivity contribution in [3.8, 4) is 0 Å². The number of nitrogens with two attached hydrogens (primary N) is 1.